The van der Waals surface area contributed by atoms with Gasteiger partial charge in [-0.25, -0.2) is 4.98 Å². The Balaban J connectivity index is 1.81. The molecular weight excluding hydrogens is 337 g/mol. The summed E-state index contributed by atoms with van der Waals surface area (Å²) in [6.45, 7) is -0.0622. The molecule has 2 N–H and O–H groups in total. The van der Waals surface area contributed by atoms with Gasteiger partial charge >= 0.3 is 6.18 Å². The lowest BCUT2D eigenvalue weighted by atomic mass is 10.1. The van der Waals surface area contributed by atoms with Gasteiger partial charge in [-0.1, -0.05) is 24.3 Å². The van der Waals surface area contributed by atoms with E-state index in [0.717, 1.165) is 23.3 Å². The average Bonchev–Trinajstić information content (AvgIpc) is 3.03. The molecular formula is C17H13F3N2OS. The summed E-state index contributed by atoms with van der Waals surface area (Å²) >= 11 is 1.30. The Morgan fingerprint density at radius 3 is 2.62 bits per heavy atom. The molecule has 0 fully saturated rings. The Bertz CT molecular complexity index is 846. The number of hydrogen-bond donors (Lipinski definition) is 2. The monoisotopic (exact) mass is 350 g/mol. The molecule has 0 atom stereocenters. The number of aliphatic hydroxyl groups is 1. The number of thiazole rings is 1. The molecule has 0 saturated carbocycles. The third-order valence-electron chi connectivity index (χ3n) is 3.35. The zero-order valence-corrected chi connectivity index (χ0v) is 13.2. The Morgan fingerprint density at radius 1 is 1.08 bits per heavy atom. The predicted molar refractivity (Wildman–Crippen MR) is 88.2 cm³/mol. The molecule has 1 aromatic heterocycles. The van der Waals surface area contributed by atoms with E-state index in [0.29, 0.717) is 16.5 Å². The Kier molecular flexibility index (Phi) is 4.55. The second-order valence-corrected chi connectivity index (χ2v) is 5.96. The van der Waals surface area contributed by atoms with Crippen LogP contribution in [-0.4, -0.2) is 10.1 Å². The molecule has 24 heavy (non-hydrogen) atoms. The molecule has 0 bridgehead atoms. The minimum Gasteiger partial charge on any atom is -0.392 e. The van der Waals surface area contributed by atoms with Gasteiger partial charge in [0.05, 0.1) is 17.9 Å². The number of rotatable bonds is 4. The van der Waals surface area contributed by atoms with Gasteiger partial charge in [0.1, 0.15) is 0 Å². The van der Waals surface area contributed by atoms with E-state index in [4.69, 9.17) is 0 Å². The fourth-order valence-corrected chi connectivity index (χ4v) is 2.93. The smallest absolute Gasteiger partial charge is 0.392 e. The average molecular weight is 350 g/mol. The number of nitrogens with zero attached hydrogens (tertiary/aromatic N) is 1. The van der Waals surface area contributed by atoms with E-state index in [9.17, 15) is 18.3 Å². The van der Waals surface area contributed by atoms with Crippen molar-refractivity contribution < 1.29 is 18.3 Å². The number of aliphatic hydroxyl groups excluding tert-OH is 1. The SMILES string of the molecule is OCc1cccc(-c2csc(Nc3cccc(C(F)(F)F)c3)n2)c1. The molecule has 0 saturated heterocycles. The first-order chi connectivity index (χ1) is 11.5. The van der Waals surface area contributed by atoms with Gasteiger partial charge in [-0.3, -0.25) is 0 Å². The second-order valence-electron chi connectivity index (χ2n) is 5.10. The van der Waals surface area contributed by atoms with Crippen molar-refractivity contribution >= 4 is 22.2 Å². The molecule has 124 valence electrons. The lowest BCUT2D eigenvalue weighted by molar-refractivity contribution is -0.137. The van der Waals surface area contributed by atoms with Crippen LogP contribution in [0.4, 0.5) is 24.0 Å². The van der Waals surface area contributed by atoms with Gasteiger partial charge in [0.15, 0.2) is 5.13 Å². The minimum absolute atomic E-state index is 0.0622. The van der Waals surface area contributed by atoms with Gasteiger partial charge in [-0.05, 0) is 29.8 Å². The summed E-state index contributed by atoms with van der Waals surface area (Å²) < 4.78 is 38.2. The highest BCUT2D eigenvalue weighted by atomic mass is 32.1. The highest BCUT2D eigenvalue weighted by molar-refractivity contribution is 7.14. The zero-order valence-electron chi connectivity index (χ0n) is 12.3. The maximum absolute atomic E-state index is 12.7. The molecule has 0 aliphatic heterocycles. The van der Waals surface area contributed by atoms with Gasteiger partial charge in [0.2, 0.25) is 0 Å². The molecule has 0 aliphatic carbocycles. The molecule has 2 aromatic carbocycles. The lowest BCUT2D eigenvalue weighted by Crippen LogP contribution is -2.05. The minimum atomic E-state index is -4.38. The van der Waals surface area contributed by atoms with Crippen molar-refractivity contribution in [3.8, 4) is 11.3 Å². The van der Waals surface area contributed by atoms with Crippen molar-refractivity contribution in [2.24, 2.45) is 0 Å². The first kappa shape index (κ1) is 16.5. The van der Waals surface area contributed by atoms with Gasteiger partial charge < -0.3 is 10.4 Å². The predicted octanol–water partition coefficient (Wildman–Crippen LogP) is 5.06. The number of halogens is 3. The van der Waals surface area contributed by atoms with Crippen LogP contribution in [0.3, 0.4) is 0 Å². The summed E-state index contributed by atoms with van der Waals surface area (Å²) in [5, 5.41) is 14.4. The number of anilines is 2. The van der Waals surface area contributed by atoms with E-state index in [2.05, 4.69) is 10.3 Å². The van der Waals surface area contributed by atoms with Gasteiger partial charge in [-0.2, -0.15) is 13.2 Å². The van der Waals surface area contributed by atoms with Gasteiger partial charge in [0.25, 0.3) is 0 Å². The fraction of sp³-hybridized carbons (Fsp3) is 0.118. The molecule has 0 unspecified atom stereocenters. The highest BCUT2D eigenvalue weighted by Crippen LogP contribution is 2.32. The van der Waals surface area contributed by atoms with E-state index < -0.39 is 11.7 Å². The number of benzene rings is 2. The van der Waals surface area contributed by atoms with Crippen LogP contribution in [0.2, 0.25) is 0 Å². The van der Waals surface area contributed by atoms with Crippen molar-refractivity contribution in [2.45, 2.75) is 12.8 Å². The van der Waals surface area contributed by atoms with Crippen LogP contribution in [-0.2, 0) is 12.8 Å². The normalized spacial score (nSPS) is 11.5. The Hall–Kier alpha value is -2.38. The Morgan fingerprint density at radius 2 is 1.88 bits per heavy atom. The van der Waals surface area contributed by atoms with Crippen LogP contribution in [0, 0.1) is 0 Å². The van der Waals surface area contributed by atoms with Crippen LogP contribution < -0.4 is 5.32 Å². The molecule has 3 rings (SSSR count). The van der Waals surface area contributed by atoms with Crippen LogP contribution in [0.15, 0.2) is 53.9 Å². The first-order valence-corrected chi connectivity index (χ1v) is 7.93. The second kappa shape index (κ2) is 6.62. The summed E-state index contributed by atoms with van der Waals surface area (Å²) in [5.74, 6) is 0. The molecule has 7 heteroatoms. The fourth-order valence-electron chi connectivity index (χ4n) is 2.19. The molecule has 0 aliphatic rings. The maximum Gasteiger partial charge on any atom is 0.416 e. The highest BCUT2D eigenvalue weighted by Gasteiger charge is 2.30. The van der Waals surface area contributed by atoms with E-state index in [1.54, 1.807) is 12.1 Å². The zero-order chi connectivity index (χ0) is 17.2. The van der Waals surface area contributed by atoms with Crippen molar-refractivity contribution in [1.29, 1.82) is 0 Å². The van der Waals surface area contributed by atoms with Crippen molar-refractivity contribution in [3.63, 3.8) is 0 Å². The summed E-state index contributed by atoms with van der Waals surface area (Å²) in [6.07, 6.45) is -4.38. The van der Waals surface area contributed by atoms with Crippen molar-refractivity contribution in [3.05, 3.63) is 65.0 Å². The summed E-state index contributed by atoms with van der Waals surface area (Å²) in [5.41, 5.74) is 1.93. The van der Waals surface area contributed by atoms with Crippen LogP contribution >= 0.6 is 11.3 Å². The molecule has 0 amide bonds. The third-order valence-corrected chi connectivity index (χ3v) is 4.11. The maximum atomic E-state index is 12.7. The Labute approximate surface area is 140 Å². The topological polar surface area (TPSA) is 45.1 Å². The first-order valence-electron chi connectivity index (χ1n) is 7.06. The van der Waals surface area contributed by atoms with Crippen LogP contribution in [0.5, 0.6) is 0 Å². The standard InChI is InChI=1S/C17H13F3N2OS/c18-17(19,20)13-5-2-6-14(8-13)21-16-22-15(10-24-16)12-4-1-3-11(7-12)9-23/h1-8,10,23H,9H2,(H,21,22). The van der Waals surface area contributed by atoms with Crippen molar-refractivity contribution in [2.75, 3.05) is 5.32 Å². The number of aromatic nitrogens is 1. The van der Waals surface area contributed by atoms with Crippen molar-refractivity contribution in [1.82, 2.24) is 4.98 Å². The largest absolute Gasteiger partial charge is 0.416 e. The molecule has 3 nitrogen and oxygen atoms in total. The van der Waals surface area contributed by atoms with Gasteiger partial charge in [0, 0.05) is 16.6 Å². The van der Waals surface area contributed by atoms with Crippen LogP contribution in [0.25, 0.3) is 11.3 Å². The third kappa shape index (κ3) is 3.74. The lowest BCUT2D eigenvalue weighted by Gasteiger charge is -2.09. The van der Waals surface area contributed by atoms with E-state index in [1.807, 2.05) is 23.6 Å². The van der Waals surface area contributed by atoms with E-state index in [1.165, 1.54) is 17.4 Å². The quantitative estimate of drug-likeness (QED) is 0.691. The van der Waals surface area contributed by atoms with Gasteiger partial charge in [-0.15, -0.1) is 11.3 Å². The number of hydrogen-bond acceptors (Lipinski definition) is 4. The molecule has 3 aromatic rings. The number of alkyl halides is 3. The molecule has 0 spiro atoms. The van der Waals surface area contributed by atoms with E-state index in [-0.39, 0.29) is 6.61 Å². The molecule has 1 heterocycles. The summed E-state index contributed by atoms with van der Waals surface area (Å²) in [7, 11) is 0. The summed E-state index contributed by atoms with van der Waals surface area (Å²) in [4.78, 5) is 4.39. The number of nitrogens with one attached hydrogen (secondary N) is 1. The van der Waals surface area contributed by atoms with Crippen LogP contribution in [0.1, 0.15) is 11.1 Å². The summed E-state index contributed by atoms with van der Waals surface area (Å²) in [6, 6.07) is 12.3. The van der Waals surface area contributed by atoms with E-state index >= 15 is 0 Å². The molecule has 0 radical (unpaired) electrons.